The average molecular weight is 267 g/mol. The van der Waals surface area contributed by atoms with Gasteiger partial charge in [-0.3, -0.25) is 14.2 Å². The molecular weight excluding hydrogens is 252 g/mol. The molecule has 0 aliphatic heterocycles. The first-order chi connectivity index (χ1) is 8.47. The first-order valence-electron chi connectivity index (χ1n) is 5.73. The van der Waals surface area contributed by atoms with E-state index in [0.717, 1.165) is 5.69 Å². The highest BCUT2D eigenvalue weighted by atomic mass is 35.5. The van der Waals surface area contributed by atoms with Crippen molar-refractivity contribution in [3.05, 3.63) is 33.9 Å². The summed E-state index contributed by atoms with van der Waals surface area (Å²) in [5.74, 6) is -0.123. The van der Waals surface area contributed by atoms with Crippen LogP contribution < -0.4 is 0 Å². The van der Waals surface area contributed by atoms with Crippen LogP contribution >= 0.6 is 11.6 Å². The molecule has 6 heteroatoms. The molecule has 5 nitrogen and oxygen atoms in total. The standard InChI is InChI=1S/C12H15ClN4O/c1-5-17-11(9(13)6-14-17)12(18)10-7(2)15-16(4)8(10)3/h6H,5H2,1-4H3. The number of aryl methyl sites for hydroxylation is 3. The van der Waals surface area contributed by atoms with Crippen molar-refractivity contribution in [1.29, 1.82) is 0 Å². The fraction of sp³-hybridized carbons (Fsp3) is 0.417. The highest BCUT2D eigenvalue weighted by molar-refractivity contribution is 6.34. The fourth-order valence-corrected chi connectivity index (χ4v) is 2.28. The topological polar surface area (TPSA) is 52.7 Å². The van der Waals surface area contributed by atoms with Crippen LogP contribution in [0.3, 0.4) is 0 Å². The maximum absolute atomic E-state index is 12.6. The predicted molar refractivity (Wildman–Crippen MR) is 69.0 cm³/mol. The Labute approximate surface area is 110 Å². The molecule has 0 unspecified atom stereocenters. The SMILES string of the molecule is CCn1ncc(Cl)c1C(=O)c1c(C)nn(C)c1C. The smallest absolute Gasteiger partial charge is 0.216 e. The third-order valence-corrected chi connectivity index (χ3v) is 3.32. The molecule has 18 heavy (non-hydrogen) atoms. The Morgan fingerprint density at radius 1 is 1.44 bits per heavy atom. The summed E-state index contributed by atoms with van der Waals surface area (Å²) in [4.78, 5) is 12.6. The molecule has 2 aromatic heterocycles. The first-order valence-corrected chi connectivity index (χ1v) is 6.11. The van der Waals surface area contributed by atoms with Gasteiger partial charge in [0.15, 0.2) is 0 Å². The minimum absolute atomic E-state index is 0.123. The molecule has 0 aromatic carbocycles. The van der Waals surface area contributed by atoms with E-state index in [1.54, 1.807) is 9.36 Å². The van der Waals surface area contributed by atoms with Gasteiger partial charge < -0.3 is 0 Å². The van der Waals surface area contributed by atoms with Crippen LogP contribution in [0.25, 0.3) is 0 Å². The Kier molecular flexibility index (Phi) is 3.26. The van der Waals surface area contributed by atoms with Crippen LogP contribution in [0.4, 0.5) is 0 Å². The molecule has 0 aliphatic carbocycles. The molecule has 0 atom stereocenters. The number of halogens is 1. The van der Waals surface area contributed by atoms with Crippen LogP contribution in [0.5, 0.6) is 0 Å². The van der Waals surface area contributed by atoms with Crippen LogP contribution in [0.2, 0.25) is 5.02 Å². The first kappa shape index (κ1) is 12.8. The van der Waals surface area contributed by atoms with Crippen molar-refractivity contribution >= 4 is 17.4 Å². The number of ketones is 1. The van der Waals surface area contributed by atoms with E-state index >= 15 is 0 Å². The van der Waals surface area contributed by atoms with E-state index in [2.05, 4.69) is 10.2 Å². The lowest BCUT2D eigenvalue weighted by atomic mass is 10.1. The summed E-state index contributed by atoms with van der Waals surface area (Å²) >= 11 is 6.05. The minimum atomic E-state index is -0.123. The van der Waals surface area contributed by atoms with E-state index in [1.165, 1.54) is 6.20 Å². The maximum Gasteiger partial charge on any atom is 0.216 e. The lowest BCUT2D eigenvalue weighted by Crippen LogP contribution is -2.12. The summed E-state index contributed by atoms with van der Waals surface area (Å²) in [5.41, 5.74) is 2.57. The Morgan fingerprint density at radius 3 is 2.61 bits per heavy atom. The second-order valence-electron chi connectivity index (χ2n) is 4.16. The molecule has 0 N–H and O–H groups in total. The van der Waals surface area contributed by atoms with Gasteiger partial charge in [0.05, 0.1) is 22.5 Å². The van der Waals surface area contributed by atoms with E-state index < -0.39 is 0 Å². The molecule has 2 aromatic rings. The normalized spacial score (nSPS) is 10.9. The number of hydrogen-bond donors (Lipinski definition) is 0. The Morgan fingerprint density at radius 2 is 2.11 bits per heavy atom. The maximum atomic E-state index is 12.6. The largest absolute Gasteiger partial charge is 0.287 e. The minimum Gasteiger partial charge on any atom is -0.287 e. The molecule has 0 spiro atoms. The number of nitrogens with zero attached hydrogens (tertiary/aromatic N) is 4. The number of rotatable bonds is 3. The van der Waals surface area contributed by atoms with Gasteiger partial charge in [-0.25, -0.2) is 0 Å². The second-order valence-corrected chi connectivity index (χ2v) is 4.56. The highest BCUT2D eigenvalue weighted by Crippen LogP contribution is 2.22. The fourth-order valence-electron chi connectivity index (χ4n) is 2.05. The van der Waals surface area contributed by atoms with E-state index in [1.807, 2.05) is 27.8 Å². The lowest BCUT2D eigenvalue weighted by molar-refractivity contribution is 0.102. The lowest BCUT2D eigenvalue weighted by Gasteiger charge is -2.05. The Balaban J connectivity index is 2.58. The zero-order valence-electron chi connectivity index (χ0n) is 10.9. The van der Waals surface area contributed by atoms with Crippen LogP contribution in [0.1, 0.15) is 34.4 Å². The van der Waals surface area contributed by atoms with Gasteiger partial charge in [0.25, 0.3) is 0 Å². The predicted octanol–water partition coefficient (Wildman–Crippen LogP) is 2.14. The molecule has 0 aliphatic rings. The van der Waals surface area contributed by atoms with E-state index in [9.17, 15) is 4.79 Å². The van der Waals surface area contributed by atoms with Crippen molar-refractivity contribution in [2.24, 2.45) is 7.05 Å². The summed E-state index contributed by atoms with van der Waals surface area (Å²) in [6.45, 7) is 6.21. The monoisotopic (exact) mass is 266 g/mol. The molecule has 96 valence electrons. The van der Waals surface area contributed by atoms with Gasteiger partial charge in [0.1, 0.15) is 5.69 Å². The van der Waals surface area contributed by atoms with Gasteiger partial charge in [0.2, 0.25) is 5.78 Å². The van der Waals surface area contributed by atoms with E-state index in [-0.39, 0.29) is 5.78 Å². The van der Waals surface area contributed by atoms with Crippen LogP contribution in [0.15, 0.2) is 6.20 Å². The molecule has 2 rings (SSSR count). The van der Waals surface area contributed by atoms with Crippen molar-refractivity contribution in [3.63, 3.8) is 0 Å². The molecule has 0 saturated carbocycles. The Bertz CT molecular complexity index is 612. The van der Waals surface area contributed by atoms with Crippen molar-refractivity contribution in [3.8, 4) is 0 Å². The van der Waals surface area contributed by atoms with Gasteiger partial charge >= 0.3 is 0 Å². The van der Waals surface area contributed by atoms with Crippen molar-refractivity contribution < 1.29 is 4.79 Å². The van der Waals surface area contributed by atoms with Crippen LogP contribution in [-0.2, 0) is 13.6 Å². The third-order valence-electron chi connectivity index (χ3n) is 3.05. The summed E-state index contributed by atoms with van der Waals surface area (Å²) in [6, 6.07) is 0. The van der Waals surface area contributed by atoms with Gasteiger partial charge in [-0.15, -0.1) is 0 Å². The summed E-state index contributed by atoms with van der Waals surface area (Å²) in [5, 5.41) is 8.71. The van der Waals surface area contributed by atoms with E-state index in [0.29, 0.717) is 28.5 Å². The van der Waals surface area contributed by atoms with Crippen molar-refractivity contribution in [1.82, 2.24) is 19.6 Å². The molecule has 0 fully saturated rings. The zero-order valence-corrected chi connectivity index (χ0v) is 11.6. The third kappa shape index (κ3) is 1.84. The summed E-state index contributed by atoms with van der Waals surface area (Å²) in [7, 11) is 1.82. The zero-order chi connectivity index (χ0) is 13.4. The molecule has 0 bridgehead atoms. The number of carbonyl (C=O) groups is 1. The van der Waals surface area contributed by atoms with Crippen LogP contribution in [0, 0.1) is 13.8 Å². The van der Waals surface area contributed by atoms with Crippen molar-refractivity contribution in [2.75, 3.05) is 0 Å². The molecule has 0 amide bonds. The molecular formula is C12H15ClN4O. The molecule has 2 heterocycles. The molecule has 0 radical (unpaired) electrons. The van der Waals surface area contributed by atoms with Crippen molar-refractivity contribution in [2.45, 2.75) is 27.3 Å². The molecule has 0 saturated heterocycles. The van der Waals surface area contributed by atoms with Gasteiger partial charge in [-0.05, 0) is 20.8 Å². The average Bonchev–Trinajstić information content (AvgIpc) is 2.80. The summed E-state index contributed by atoms with van der Waals surface area (Å²) < 4.78 is 3.31. The number of aromatic nitrogens is 4. The summed E-state index contributed by atoms with van der Waals surface area (Å²) in [6.07, 6.45) is 1.50. The second kappa shape index (κ2) is 4.57. The van der Waals surface area contributed by atoms with Gasteiger partial charge in [-0.1, -0.05) is 11.6 Å². The van der Waals surface area contributed by atoms with Gasteiger partial charge in [0, 0.05) is 19.3 Å². The quantitative estimate of drug-likeness (QED) is 0.800. The van der Waals surface area contributed by atoms with Crippen LogP contribution in [-0.4, -0.2) is 25.3 Å². The van der Waals surface area contributed by atoms with E-state index in [4.69, 9.17) is 11.6 Å². The number of carbonyl (C=O) groups excluding carboxylic acids is 1. The number of hydrogen-bond acceptors (Lipinski definition) is 3. The Hall–Kier alpha value is -1.62. The highest BCUT2D eigenvalue weighted by Gasteiger charge is 2.24. The van der Waals surface area contributed by atoms with Gasteiger partial charge in [-0.2, -0.15) is 10.2 Å².